The Bertz CT molecular complexity index is 942. The van der Waals surface area contributed by atoms with Crippen LogP contribution in [0.5, 0.6) is 0 Å². The van der Waals surface area contributed by atoms with Gasteiger partial charge in [-0.1, -0.05) is 30.3 Å². The molecule has 5 nitrogen and oxygen atoms in total. The van der Waals surface area contributed by atoms with E-state index in [0.29, 0.717) is 6.54 Å². The third-order valence-electron chi connectivity index (χ3n) is 4.98. The van der Waals surface area contributed by atoms with Gasteiger partial charge in [0.2, 0.25) is 5.91 Å². The minimum absolute atomic E-state index is 0.0146. The van der Waals surface area contributed by atoms with Gasteiger partial charge in [-0.15, -0.1) is 0 Å². The van der Waals surface area contributed by atoms with Crippen molar-refractivity contribution in [2.24, 2.45) is 0 Å². The Labute approximate surface area is 159 Å². The molecule has 0 bridgehead atoms. The second-order valence-electron chi connectivity index (χ2n) is 7.11. The predicted molar refractivity (Wildman–Crippen MR) is 108 cm³/mol. The number of nitrogens with one attached hydrogen (secondary N) is 1. The molecule has 1 N–H and O–H groups in total. The van der Waals surface area contributed by atoms with E-state index in [1.807, 2.05) is 37.3 Å². The molecule has 140 valence electrons. The van der Waals surface area contributed by atoms with Crippen LogP contribution in [0.25, 0.3) is 10.9 Å². The van der Waals surface area contributed by atoms with Crippen LogP contribution in [0.3, 0.4) is 0 Å². The van der Waals surface area contributed by atoms with Crippen LogP contribution in [0.15, 0.2) is 54.7 Å². The molecule has 1 fully saturated rings. The Morgan fingerprint density at radius 1 is 1.11 bits per heavy atom. The van der Waals surface area contributed by atoms with E-state index in [1.54, 1.807) is 0 Å². The summed E-state index contributed by atoms with van der Waals surface area (Å²) in [5, 5.41) is 4.21. The lowest BCUT2D eigenvalue weighted by Gasteiger charge is -2.26. The number of aromatic nitrogens is 1. The topological polar surface area (TPSA) is 46.5 Å². The van der Waals surface area contributed by atoms with Gasteiger partial charge in [-0.05, 0) is 36.2 Å². The monoisotopic (exact) mass is 363 g/mol. The molecular weight excluding hydrogens is 338 g/mol. The molecule has 5 heteroatoms. The maximum absolute atomic E-state index is 12.6. The van der Waals surface area contributed by atoms with Crippen LogP contribution in [0, 0.1) is 6.92 Å². The number of ether oxygens (including phenoxy) is 1. The predicted octanol–water partition coefficient (Wildman–Crippen LogP) is 3.42. The zero-order chi connectivity index (χ0) is 18.6. The zero-order valence-corrected chi connectivity index (χ0v) is 15.6. The highest BCUT2D eigenvalue weighted by atomic mass is 16.5. The summed E-state index contributed by atoms with van der Waals surface area (Å²) in [4.78, 5) is 15.0. The number of fused-ring (bicyclic) bond motifs is 1. The van der Waals surface area contributed by atoms with Crippen LogP contribution in [-0.4, -0.2) is 41.7 Å². The summed E-state index contributed by atoms with van der Waals surface area (Å²) in [7, 11) is 0. The lowest BCUT2D eigenvalue weighted by molar-refractivity contribution is -0.116. The number of hydrogen-bond acceptors (Lipinski definition) is 3. The number of aryl methyl sites for hydroxylation is 1. The van der Waals surface area contributed by atoms with Gasteiger partial charge in [-0.3, -0.25) is 9.69 Å². The van der Waals surface area contributed by atoms with Gasteiger partial charge in [-0.2, -0.15) is 0 Å². The molecule has 1 aromatic heterocycles. The lowest BCUT2D eigenvalue weighted by Crippen LogP contribution is -2.35. The molecule has 0 unspecified atom stereocenters. The minimum Gasteiger partial charge on any atom is -0.379 e. The molecule has 2 heterocycles. The van der Waals surface area contributed by atoms with E-state index < -0.39 is 0 Å². The van der Waals surface area contributed by atoms with Crippen LogP contribution in [0.4, 0.5) is 5.69 Å². The Balaban J connectivity index is 1.53. The highest BCUT2D eigenvalue weighted by Crippen LogP contribution is 2.23. The van der Waals surface area contributed by atoms with Crippen molar-refractivity contribution in [2.45, 2.75) is 20.0 Å². The molecule has 3 aromatic rings. The fraction of sp³-hybridized carbons (Fsp3) is 0.318. The number of para-hydroxylation sites is 1. The standard InChI is InChI=1S/C22H25N3O2/c1-17-5-4-6-19(13-17)23-22(26)16-25-15-18(14-24-9-11-27-12-10-24)20-7-2-3-8-21(20)25/h2-8,13,15H,9-12,14,16H2,1H3,(H,23,26). The number of benzene rings is 2. The first-order chi connectivity index (χ1) is 13.2. The molecule has 0 atom stereocenters. The molecule has 0 aliphatic carbocycles. The van der Waals surface area contributed by atoms with Crippen LogP contribution < -0.4 is 5.32 Å². The van der Waals surface area contributed by atoms with Crippen molar-refractivity contribution in [3.05, 3.63) is 65.9 Å². The van der Waals surface area contributed by atoms with Crippen LogP contribution in [0.2, 0.25) is 0 Å². The Morgan fingerprint density at radius 2 is 1.93 bits per heavy atom. The summed E-state index contributed by atoms with van der Waals surface area (Å²) < 4.78 is 7.50. The summed E-state index contributed by atoms with van der Waals surface area (Å²) in [6.07, 6.45) is 2.12. The van der Waals surface area contributed by atoms with E-state index in [-0.39, 0.29) is 5.91 Å². The van der Waals surface area contributed by atoms with Gasteiger partial charge in [0.05, 0.1) is 13.2 Å². The van der Waals surface area contributed by atoms with E-state index in [0.717, 1.165) is 49.6 Å². The van der Waals surface area contributed by atoms with Gasteiger partial charge < -0.3 is 14.6 Å². The molecule has 2 aromatic carbocycles. The average molecular weight is 363 g/mol. The number of morpholine rings is 1. The van der Waals surface area contributed by atoms with E-state index in [1.165, 1.54) is 10.9 Å². The number of anilines is 1. The van der Waals surface area contributed by atoms with Gasteiger partial charge in [0.1, 0.15) is 6.54 Å². The average Bonchev–Trinajstić information content (AvgIpc) is 3.00. The normalized spacial score (nSPS) is 15.1. The maximum Gasteiger partial charge on any atom is 0.244 e. The molecule has 0 spiro atoms. The fourth-order valence-electron chi connectivity index (χ4n) is 3.66. The van der Waals surface area contributed by atoms with Crippen molar-refractivity contribution in [1.82, 2.24) is 9.47 Å². The molecule has 0 radical (unpaired) electrons. The van der Waals surface area contributed by atoms with Crippen LogP contribution in [-0.2, 0) is 22.6 Å². The van der Waals surface area contributed by atoms with Gasteiger partial charge in [-0.25, -0.2) is 0 Å². The number of rotatable bonds is 5. The number of carbonyl (C=O) groups is 1. The summed E-state index contributed by atoms with van der Waals surface area (Å²) >= 11 is 0. The van der Waals surface area contributed by atoms with Crippen molar-refractivity contribution < 1.29 is 9.53 Å². The van der Waals surface area contributed by atoms with Gasteiger partial charge in [0.15, 0.2) is 0 Å². The molecular formula is C22H25N3O2. The third kappa shape index (κ3) is 4.21. The Kier molecular flexibility index (Phi) is 5.23. The van der Waals surface area contributed by atoms with E-state index in [9.17, 15) is 4.79 Å². The first kappa shape index (κ1) is 17.8. The smallest absolute Gasteiger partial charge is 0.244 e. The second-order valence-corrected chi connectivity index (χ2v) is 7.11. The fourth-order valence-corrected chi connectivity index (χ4v) is 3.66. The first-order valence-corrected chi connectivity index (χ1v) is 9.42. The summed E-state index contributed by atoms with van der Waals surface area (Å²) in [6.45, 7) is 6.69. The lowest BCUT2D eigenvalue weighted by atomic mass is 10.1. The largest absolute Gasteiger partial charge is 0.379 e. The minimum atomic E-state index is -0.0146. The summed E-state index contributed by atoms with van der Waals surface area (Å²) in [5.74, 6) is -0.0146. The first-order valence-electron chi connectivity index (χ1n) is 9.42. The molecule has 27 heavy (non-hydrogen) atoms. The maximum atomic E-state index is 12.6. The molecule has 4 rings (SSSR count). The van der Waals surface area contributed by atoms with Crippen LogP contribution >= 0.6 is 0 Å². The van der Waals surface area contributed by atoms with Crippen molar-refractivity contribution >= 4 is 22.5 Å². The number of hydrogen-bond donors (Lipinski definition) is 1. The van der Waals surface area contributed by atoms with Crippen molar-refractivity contribution in [2.75, 3.05) is 31.6 Å². The Morgan fingerprint density at radius 3 is 2.74 bits per heavy atom. The highest BCUT2D eigenvalue weighted by Gasteiger charge is 2.16. The van der Waals surface area contributed by atoms with E-state index in [2.05, 4.69) is 39.2 Å². The quantitative estimate of drug-likeness (QED) is 0.756. The SMILES string of the molecule is Cc1cccc(NC(=O)Cn2cc(CN3CCOCC3)c3ccccc32)c1. The summed E-state index contributed by atoms with van der Waals surface area (Å²) in [6, 6.07) is 16.2. The molecule has 1 aliphatic rings. The molecule has 1 amide bonds. The molecule has 1 saturated heterocycles. The van der Waals surface area contributed by atoms with Gasteiger partial charge in [0.25, 0.3) is 0 Å². The second kappa shape index (κ2) is 7.94. The number of nitrogens with zero attached hydrogens (tertiary/aromatic N) is 2. The van der Waals surface area contributed by atoms with Gasteiger partial charge in [0, 0.05) is 42.4 Å². The third-order valence-corrected chi connectivity index (χ3v) is 4.98. The van der Waals surface area contributed by atoms with E-state index in [4.69, 9.17) is 4.74 Å². The highest BCUT2D eigenvalue weighted by molar-refractivity contribution is 5.92. The number of carbonyl (C=O) groups excluding carboxylic acids is 1. The number of amides is 1. The Hall–Kier alpha value is -2.63. The molecule has 1 aliphatic heterocycles. The molecule has 0 saturated carbocycles. The zero-order valence-electron chi connectivity index (χ0n) is 15.6. The van der Waals surface area contributed by atoms with Crippen molar-refractivity contribution in [3.8, 4) is 0 Å². The summed E-state index contributed by atoms with van der Waals surface area (Å²) in [5.41, 5.74) is 4.33. The van der Waals surface area contributed by atoms with Crippen molar-refractivity contribution in [3.63, 3.8) is 0 Å². The van der Waals surface area contributed by atoms with Gasteiger partial charge >= 0.3 is 0 Å². The van der Waals surface area contributed by atoms with Crippen molar-refractivity contribution in [1.29, 1.82) is 0 Å². The van der Waals surface area contributed by atoms with Crippen LogP contribution in [0.1, 0.15) is 11.1 Å². The van der Waals surface area contributed by atoms with E-state index >= 15 is 0 Å².